The summed E-state index contributed by atoms with van der Waals surface area (Å²) >= 11 is 0. The number of morpholine rings is 1. The minimum absolute atomic E-state index is 0.0412. The molecule has 1 saturated carbocycles. The van der Waals surface area contributed by atoms with Gasteiger partial charge in [0.15, 0.2) is 0 Å². The van der Waals surface area contributed by atoms with Gasteiger partial charge < -0.3 is 19.3 Å². The van der Waals surface area contributed by atoms with Gasteiger partial charge in [-0.3, -0.25) is 14.3 Å². The number of carbonyl (C=O) groups excluding carboxylic acids is 2. The van der Waals surface area contributed by atoms with Gasteiger partial charge in [-0.15, -0.1) is 0 Å². The van der Waals surface area contributed by atoms with E-state index in [2.05, 4.69) is 42.2 Å². The zero-order valence-electron chi connectivity index (χ0n) is 31.7. The number of carbonyl (C=O) groups is 2. The zero-order chi connectivity index (χ0) is 37.9. The number of nitrogens with one attached hydrogen (secondary N) is 1. The average molecular weight is 744 g/mol. The van der Waals surface area contributed by atoms with Gasteiger partial charge in [0.05, 0.1) is 43.5 Å². The van der Waals surface area contributed by atoms with Gasteiger partial charge >= 0.3 is 0 Å². The normalized spacial score (nSPS) is 20.4. The van der Waals surface area contributed by atoms with E-state index in [4.69, 9.17) is 14.6 Å². The van der Waals surface area contributed by atoms with Crippen LogP contribution in [-0.4, -0.2) is 92.1 Å². The van der Waals surface area contributed by atoms with E-state index in [1.165, 1.54) is 6.42 Å². The van der Waals surface area contributed by atoms with E-state index in [0.29, 0.717) is 50.7 Å². The van der Waals surface area contributed by atoms with Gasteiger partial charge in [-0.2, -0.15) is 5.10 Å². The Morgan fingerprint density at radius 3 is 2.49 bits per heavy atom. The second-order valence-electron chi connectivity index (χ2n) is 15.1. The molecule has 2 amide bonds. The molecule has 0 radical (unpaired) electrons. The molecule has 1 aliphatic carbocycles. The number of aromatic nitrogens is 2. The molecule has 53 heavy (non-hydrogen) atoms. The molecule has 1 aromatic carbocycles. The quantitative estimate of drug-likeness (QED) is 0.320. The molecular formula is C41H53N5O6S. The molecule has 1 N–H and O–H groups in total. The summed E-state index contributed by atoms with van der Waals surface area (Å²) in [4.78, 5) is 31.9. The molecule has 0 bridgehead atoms. The lowest BCUT2D eigenvalue weighted by Crippen LogP contribution is -2.41. The highest BCUT2D eigenvalue weighted by Crippen LogP contribution is 2.44. The molecular weight excluding hydrogens is 691 g/mol. The summed E-state index contributed by atoms with van der Waals surface area (Å²) in [5.41, 5.74) is 7.23. The van der Waals surface area contributed by atoms with Crippen molar-refractivity contribution in [1.82, 2.24) is 24.3 Å². The Morgan fingerprint density at radius 2 is 1.81 bits per heavy atom. The second kappa shape index (κ2) is 16.3. The van der Waals surface area contributed by atoms with Gasteiger partial charge in [0.2, 0.25) is 10.0 Å². The number of hydrogen-bond donors (Lipinski definition) is 1. The van der Waals surface area contributed by atoms with Crippen molar-refractivity contribution in [2.75, 3.05) is 52.3 Å². The fraction of sp³-hybridized carbons (Fsp3) is 0.488. The number of hydrogen-bond acceptors (Lipinski definition) is 8. The Balaban J connectivity index is 1.54. The van der Waals surface area contributed by atoms with Crippen LogP contribution in [0.3, 0.4) is 0 Å². The Bertz CT molecular complexity index is 1970. The molecule has 1 aromatic heterocycles. The lowest BCUT2D eigenvalue weighted by molar-refractivity contribution is -0.115. The van der Waals surface area contributed by atoms with Crippen molar-refractivity contribution in [2.24, 2.45) is 11.8 Å². The molecule has 4 heterocycles. The fourth-order valence-electron chi connectivity index (χ4n) is 7.88. The van der Waals surface area contributed by atoms with Crippen LogP contribution < -0.4 is 9.46 Å². The molecule has 12 heteroatoms. The molecule has 4 aliphatic rings. The number of ether oxygens (including phenoxy) is 2. The highest BCUT2D eigenvalue weighted by Gasteiger charge is 2.33. The first kappa shape index (κ1) is 38.3. The van der Waals surface area contributed by atoms with Crippen molar-refractivity contribution in [3.8, 4) is 5.75 Å². The first-order valence-electron chi connectivity index (χ1n) is 18.8. The highest BCUT2D eigenvalue weighted by atomic mass is 32.2. The Labute approximate surface area is 314 Å². The predicted molar refractivity (Wildman–Crippen MR) is 208 cm³/mol. The number of methoxy groups -OCH3 is 1. The molecule has 11 nitrogen and oxygen atoms in total. The van der Waals surface area contributed by atoms with Crippen LogP contribution in [0.4, 0.5) is 0 Å². The van der Waals surface area contributed by atoms with Crippen molar-refractivity contribution >= 4 is 39.2 Å². The van der Waals surface area contributed by atoms with E-state index in [0.717, 1.165) is 64.9 Å². The lowest BCUT2D eigenvalue weighted by Gasteiger charge is -2.34. The maximum absolute atomic E-state index is 14.2. The Morgan fingerprint density at radius 1 is 1.08 bits per heavy atom. The third-order valence-corrected chi connectivity index (χ3v) is 11.9. The number of benzene rings is 1. The van der Waals surface area contributed by atoms with Crippen LogP contribution in [0.5, 0.6) is 5.75 Å². The monoisotopic (exact) mass is 743 g/mol. The van der Waals surface area contributed by atoms with Crippen LogP contribution in [-0.2, 0) is 19.6 Å². The van der Waals surface area contributed by atoms with E-state index < -0.39 is 15.9 Å². The molecule has 2 aromatic rings. The summed E-state index contributed by atoms with van der Waals surface area (Å²) in [5, 5.41) is 4.77. The summed E-state index contributed by atoms with van der Waals surface area (Å²) < 4.78 is 41.3. The number of rotatable bonds is 9. The van der Waals surface area contributed by atoms with Crippen molar-refractivity contribution < 1.29 is 27.5 Å². The molecule has 2 fully saturated rings. The second-order valence-corrected chi connectivity index (χ2v) is 16.8. The zero-order valence-corrected chi connectivity index (χ0v) is 32.5. The lowest BCUT2D eigenvalue weighted by atomic mass is 9.78. The molecule has 6 rings (SSSR count). The summed E-state index contributed by atoms with van der Waals surface area (Å²) in [5.74, 6) is -0.127. The minimum Gasteiger partial charge on any atom is -0.497 e. The van der Waals surface area contributed by atoms with E-state index in [9.17, 15) is 18.0 Å². The van der Waals surface area contributed by atoms with Gasteiger partial charge in [0.1, 0.15) is 5.75 Å². The average Bonchev–Trinajstić information content (AvgIpc) is 3.54. The molecule has 0 atom stereocenters. The summed E-state index contributed by atoms with van der Waals surface area (Å²) in [6.45, 7) is 14.9. The molecule has 0 spiro atoms. The summed E-state index contributed by atoms with van der Waals surface area (Å²) in [6.07, 6.45) is 14.6. The third kappa shape index (κ3) is 8.54. The van der Waals surface area contributed by atoms with Crippen molar-refractivity contribution in [3.05, 3.63) is 88.3 Å². The molecule has 0 unspecified atom stereocenters. The predicted octanol–water partition coefficient (Wildman–Crippen LogP) is 6.25. The van der Waals surface area contributed by atoms with Crippen LogP contribution in [0, 0.1) is 11.8 Å². The van der Waals surface area contributed by atoms with Crippen molar-refractivity contribution in [2.45, 2.75) is 65.8 Å². The number of sulfonamides is 1. The van der Waals surface area contributed by atoms with Crippen LogP contribution >= 0.6 is 0 Å². The van der Waals surface area contributed by atoms with Crippen molar-refractivity contribution in [1.29, 1.82) is 0 Å². The maximum atomic E-state index is 14.2. The smallest absolute Gasteiger partial charge is 0.264 e. The van der Waals surface area contributed by atoms with Crippen LogP contribution in [0.25, 0.3) is 17.3 Å². The van der Waals surface area contributed by atoms with Gasteiger partial charge in [-0.05, 0) is 91.2 Å². The maximum Gasteiger partial charge on any atom is 0.264 e. The van der Waals surface area contributed by atoms with Crippen LogP contribution in [0.15, 0.2) is 65.9 Å². The summed E-state index contributed by atoms with van der Waals surface area (Å²) in [7, 11) is -2.19. The van der Waals surface area contributed by atoms with Gasteiger partial charge in [-0.1, -0.05) is 51.8 Å². The SMILES string of the molecule is C=C1/C=C\C(C(=O)NS(=O)(=O)CC(C)C)=C/CN2CC(c3c(C(=O)N4CCOCC4)cnn3C(C)C)=Cc3cc(OC)ccc3C2=C1C1CCCCC1. The number of nitrogens with zero attached hydrogens (tertiary/aromatic N) is 4. The van der Waals surface area contributed by atoms with Gasteiger partial charge in [-0.25, -0.2) is 13.1 Å². The highest BCUT2D eigenvalue weighted by molar-refractivity contribution is 7.90. The van der Waals surface area contributed by atoms with E-state index in [1.807, 2.05) is 27.8 Å². The van der Waals surface area contributed by atoms with Crippen LogP contribution in [0.2, 0.25) is 0 Å². The number of allylic oxidation sites excluding steroid dienone is 3. The standard InChI is InChI=1S/C41H53N5O6S/c1-27(2)26-53(49,50)43-40(47)31-13-12-29(5)37(30-10-8-7-9-11-30)39-35-15-14-34(51-6)23-32(35)22-33(25-45(39)17-16-31)38-36(24-42-46(38)28(3)4)41(48)44-18-20-52-21-19-44/h12-16,22-24,27-28,30H,5,7-11,17-21,25-26H2,1-4,6H3,(H,43,47)/b13-12-,31-16+,39-37?. The Kier molecular flexibility index (Phi) is 11.8. The molecule has 284 valence electrons. The number of amides is 2. The minimum atomic E-state index is -3.85. The first-order chi connectivity index (χ1) is 25.4. The topological polar surface area (TPSA) is 123 Å². The van der Waals surface area contributed by atoms with E-state index in [1.54, 1.807) is 39.3 Å². The van der Waals surface area contributed by atoms with E-state index >= 15 is 0 Å². The van der Waals surface area contributed by atoms with Gasteiger partial charge in [0.25, 0.3) is 11.8 Å². The Hall–Kier alpha value is -4.42. The first-order valence-corrected chi connectivity index (χ1v) is 20.5. The largest absolute Gasteiger partial charge is 0.497 e. The van der Waals surface area contributed by atoms with Crippen molar-refractivity contribution in [3.63, 3.8) is 0 Å². The number of fused-ring (bicyclic) bond motifs is 3. The molecule has 1 saturated heterocycles. The third-order valence-electron chi connectivity index (χ3n) is 10.3. The molecule has 3 aliphatic heterocycles. The summed E-state index contributed by atoms with van der Waals surface area (Å²) in [6, 6.07) is 6.04. The fourth-order valence-corrected chi connectivity index (χ4v) is 9.24. The van der Waals surface area contributed by atoms with Gasteiger partial charge in [0, 0.05) is 49.1 Å². The van der Waals surface area contributed by atoms with Crippen LogP contribution in [0.1, 0.15) is 93.0 Å². The van der Waals surface area contributed by atoms with E-state index in [-0.39, 0.29) is 35.1 Å².